The standard InChI is InChI=1S/C11H11NO2/c1-14-11-6-8(12)4-7-5-9(13)2-3-10(7)11/h2-6,13H,12H2,1H3. The van der Waals surface area contributed by atoms with Crippen LogP contribution in [0.4, 0.5) is 5.69 Å². The van der Waals surface area contributed by atoms with Gasteiger partial charge in [-0.1, -0.05) is 0 Å². The summed E-state index contributed by atoms with van der Waals surface area (Å²) in [6, 6.07) is 8.66. The van der Waals surface area contributed by atoms with Crippen molar-refractivity contribution in [3.8, 4) is 11.5 Å². The molecule has 0 aliphatic rings. The summed E-state index contributed by atoms with van der Waals surface area (Å²) in [5, 5.41) is 11.1. The van der Waals surface area contributed by atoms with Gasteiger partial charge in [0.1, 0.15) is 11.5 Å². The highest BCUT2D eigenvalue weighted by Crippen LogP contribution is 2.30. The maximum atomic E-state index is 9.30. The van der Waals surface area contributed by atoms with E-state index in [1.54, 1.807) is 31.4 Å². The van der Waals surface area contributed by atoms with E-state index >= 15 is 0 Å². The summed E-state index contributed by atoms with van der Waals surface area (Å²) in [6.45, 7) is 0. The van der Waals surface area contributed by atoms with Crippen LogP contribution in [0.15, 0.2) is 30.3 Å². The van der Waals surface area contributed by atoms with Gasteiger partial charge in [0.15, 0.2) is 0 Å². The molecule has 0 bridgehead atoms. The monoisotopic (exact) mass is 189 g/mol. The van der Waals surface area contributed by atoms with Gasteiger partial charge in [-0.2, -0.15) is 0 Å². The van der Waals surface area contributed by atoms with Crippen LogP contribution in [0, 0.1) is 0 Å². The number of phenolic OH excluding ortho intramolecular Hbond substituents is 1. The van der Waals surface area contributed by atoms with E-state index in [0.717, 1.165) is 16.5 Å². The third kappa shape index (κ3) is 1.33. The second kappa shape index (κ2) is 3.10. The maximum Gasteiger partial charge on any atom is 0.128 e. The number of rotatable bonds is 1. The van der Waals surface area contributed by atoms with Gasteiger partial charge in [-0.25, -0.2) is 0 Å². The van der Waals surface area contributed by atoms with Crippen LogP contribution in [-0.4, -0.2) is 12.2 Å². The first-order valence-corrected chi connectivity index (χ1v) is 4.27. The Morgan fingerprint density at radius 1 is 1.21 bits per heavy atom. The molecule has 2 aromatic rings. The molecule has 2 aromatic carbocycles. The van der Waals surface area contributed by atoms with Gasteiger partial charge >= 0.3 is 0 Å². The van der Waals surface area contributed by atoms with Crippen LogP contribution in [0.1, 0.15) is 0 Å². The Hall–Kier alpha value is -1.90. The van der Waals surface area contributed by atoms with Crippen LogP contribution in [0.2, 0.25) is 0 Å². The van der Waals surface area contributed by atoms with Crippen LogP contribution < -0.4 is 10.5 Å². The molecule has 0 spiro atoms. The molecule has 0 saturated heterocycles. The zero-order valence-electron chi connectivity index (χ0n) is 7.82. The fourth-order valence-electron chi connectivity index (χ4n) is 1.51. The van der Waals surface area contributed by atoms with Crippen molar-refractivity contribution in [2.75, 3.05) is 12.8 Å². The van der Waals surface area contributed by atoms with Gasteiger partial charge in [-0.15, -0.1) is 0 Å². The molecule has 3 nitrogen and oxygen atoms in total. The molecule has 0 aliphatic carbocycles. The van der Waals surface area contributed by atoms with Crippen molar-refractivity contribution >= 4 is 16.5 Å². The fraction of sp³-hybridized carbons (Fsp3) is 0.0909. The van der Waals surface area contributed by atoms with E-state index in [0.29, 0.717) is 5.69 Å². The predicted molar refractivity (Wildman–Crippen MR) is 56.6 cm³/mol. The molecule has 2 rings (SSSR count). The van der Waals surface area contributed by atoms with Crippen molar-refractivity contribution in [3.63, 3.8) is 0 Å². The zero-order chi connectivity index (χ0) is 10.1. The number of phenols is 1. The van der Waals surface area contributed by atoms with Gasteiger partial charge in [0.2, 0.25) is 0 Å². The normalized spacial score (nSPS) is 10.4. The van der Waals surface area contributed by atoms with E-state index < -0.39 is 0 Å². The first-order chi connectivity index (χ1) is 6.70. The average Bonchev–Trinajstić information content (AvgIpc) is 2.15. The summed E-state index contributed by atoms with van der Waals surface area (Å²) >= 11 is 0. The number of fused-ring (bicyclic) bond motifs is 1. The molecule has 0 unspecified atom stereocenters. The highest BCUT2D eigenvalue weighted by molar-refractivity contribution is 5.92. The number of hydrogen-bond acceptors (Lipinski definition) is 3. The summed E-state index contributed by atoms with van der Waals surface area (Å²) in [6.07, 6.45) is 0. The summed E-state index contributed by atoms with van der Waals surface area (Å²) < 4.78 is 5.19. The Balaban J connectivity index is 2.81. The molecule has 72 valence electrons. The molecule has 3 heteroatoms. The van der Waals surface area contributed by atoms with Gasteiger partial charge in [-0.05, 0) is 29.7 Å². The minimum Gasteiger partial charge on any atom is -0.508 e. The summed E-state index contributed by atoms with van der Waals surface area (Å²) in [4.78, 5) is 0. The van der Waals surface area contributed by atoms with Crippen molar-refractivity contribution in [2.45, 2.75) is 0 Å². The van der Waals surface area contributed by atoms with Crippen LogP contribution >= 0.6 is 0 Å². The van der Waals surface area contributed by atoms with Gasteiger partial charge in [0.25, 0.3) is 0 Å². The van der Waals surface area contributed by atoms with Gasteiger partial charge in [0, 0.05) is 17.1 Å². The summed E-state index contributed by atoms with van der Waals surface area (Å²) in [5.74, 6) is 0.949. The van der Waals surface area contributed by atoms with Crippen molar-refractivity contribution in [1.29, 1.82) is 0 Å². The van der Waals surface area contributed by atoms with Gasteiger partial charge in [0.05, 0.1) is 7.11 Å². The lowest BCUT2D eigenvalue weighted by Gasteiger charge is -2.06. The molecule has 0 aromatic heterocycles. The van der Waals surface area contributed by atoms with E-state index in [1.165, 1.54) is 0 Å². The third-order valence-corrected chi connectivity index (χ3v) is 2.14. The van der Waals surface area contributed by atoms with Crippen molar-refractivity contribution in [3.05, 3.63) is 30.3 Å². The summed E-state index contributed by atoms with van der Waals surface area (Å²) in [5.41, 5.74) is 6.31. The average molecular weight is 189 g/mol. The fourth-order valence-corrected chi connectivity index (χ4v) is 1.51. The van der Waals surface area contributed by atoms with Crippen LogP contribution in [0.5, 0.6) is 11.5 Å². The number of nitrogen functional groups attached to an aromatic ring is 1. The number of benzene rings is 2. The molecule has 0 radical (unpaired) electrons. The first-order valence-electron chi connectivity index (χ1n) is 4.27. The number of ether oxygens (including phenoxy) is 1. The quantitative estimate of drug-likeness (QED) is 0.676. The lowest BCUT2D eigenvalue weighted by Crippen LogP contribution is -1.89. The molecule has 0 saturated carbocycles. The summed E-state index contributed by atoms with van der Waals surface area (Å²) in [7, 11) is 1.60. The number of anilines is 1. The Bertz CT molecular complexity index is 475. The molecular formula is C11H11NO2. The zero-order valence-corrected chi connectivity index (χ0v) is 7.82. The number of nitrogens with two attached hydrogens (primary N) is 1. The maximum absolute atomic E-state index is 9.30. The number of methoxy groups -OCH3 is 1. The van der Waals surface area contributed by atoms with Crippen LogP contribution in [0.3, 0.4) is 0 Å². The van der Waals surface area contributed by atoms with Crippen LogP contribution in [-0.2, 0) is 0 Å². The molecule has 0 fully saturated rings. The lowest BCUT2D eigenvalue weighted by atomic mass is 10.1. The SMILES string of the molecule is COc1cc(N)cc2cc(O)ccc12. The van der Waals surface area contributed by atoms with Crippen molar-refractivity contribution < 1.29 is 9.84 Å². The van der Waals surface area contributed by atoms with E-state index in [2.05, 4.69) is 0 Å². The second-order valence-corrected chi connectivity index (χ2v) is 3.13. The molecule has 3 N–H and O–H groups in total. The number of hydrogen-bond donors (Lipinski definition) is 2. The van der Waals surface area contributed by atoms with E-state index in [-0.39, 0.29) is 5.75 Å². The van der Waals surface area contributed by atoms with Gasteiger partial charge in [-0.3, -0.25) is 0 Å². The highest BCUT2D eigenvalue weighted by atomic mass is 16.5. The Labute approximate surface area is 81.7 Å². The molecule has 0 heterocycles. The third-order valence-electron chi connectivity index (χ3n) is 2.14. The Kier molecular flexibility index (Phi) is 1.93. The van der Waals surface area contributed by atoms with Gasteiger partial charge < -0.3 is 15.6 Å². The number of aromatic hydroxyl groups is 1. The highest BCUT2D eigenvalue weighted by Gasteiger charge is 2.03. The largest absolute Gasteiger partial charge is 0.508 e. The second-order valence-electron chi connectivity index (χ2n) is 3.13. The van der Waals surface area contributed by atoms with Crippen LogP contribution in [0.25, 0.3) is 10.8 Å². The molecule has 0 atom stereocenters. The molecule has 0 aliphatic heterocycles. The molecule has 14 heavy (non-hydrogen) atoms. The smallest absolute Gasteiger partial charge is 0.128 e. The van der Waals surface area contributed by atoms with Crippen molar-refractivity contribution in [1.82, 2.24) is 0 Å². The topological polar surface area (TPSA) is 55.5 Å². The predicted octanol–water partition coefficient (Wildman–Crippen LogP) is 2.14. The lowest BCUT2D eigenvalue weighted by molar-refractivity contribution is 0.420. The van der Waals surface area contributed by atoms with E-state index in [9.17, 15) is 5.11 Å². The first kappa shape index (κ1) is 8.69. The van der Waals surface area contributed by atoms with E-state index in [1.807, 2.05) is 6.07 Å². The minimum atomic E-state index is 0.227. The molecular weight excluding hydrogens is 178 g/mol. The van der Waals surface area contributed by atoms with Crippen molar-refractivity contribution in [2.24, 2.45) is 0 Å². The Morgan fingerprint density at radius 3 is 2.71 bits per heavy atom. The minimum absolute atomic E-state index is 0.227. The Morgan fingerprint density at radius 2 is 2.00 bits per heavy atom. The van der Waals surface area contributed by atoms with E-state index in [4.69, 9.17) is 10.5 Å². The molecule has 0 amide bonds.